The zero-order valence-electron chi connectivity index (χ0n) is 15.7. The highest BCUT2D eigenvalue weighted by Gasteiger charge is 2.51. The molecule has 4 nitrogen and oxygen atoms in total. The number of piperidine rings is 1. The van der Waals surface area contributed by atoms with Gasteiger partial charge in [0.15, 0.2) is 0 Å². The van der Waals surface area contributed by atoms with E-state index in [-0.39, 0.29) is 17.2 Å². The van der Waals surface area contributed by atoms with Crippen LogP contribution < -0.4 is 5.32 Å². The first-order chi connectivity index (χ1) is 13.1. The van der Waals surface area contributed by atoms with Gasteiger partial charge in [0.2, 0.25) is 11.8 Å². The zero-order valence-corrected chi connectivity index (χ0v) is 16.4. The number of halogens is 1. The minimum atomic E-state index is -0.372. The van der Waals surface area contributed by atoms with Gasteiger partial charge in [0.05, 0.1) is 5.41 Å². The SMILES string of the molecule is O=C(C1=CCCC1)N1CCC[C@@H](CNC(=O)C2(c3ccc(Cl)cc3)CC2)C1. The van der Waals surface area contributed by atoms with Gasteiger partial charge in [-0.2, -0.15) is 0 Å². The molecule has 2 amide bonds. The first-order valence-electron chi connectivity index (χ1n) is 10.1. The molecule has 0 bridgehead atoms. The summed E-state index contributed by atoms with van der Waals surface area (Å²) in [6, 6.07) is 7.63. The summed E-state index contributed by atoms with van der Waals surface area (Å²) in [7, 11) is 0. The molecule has 1 aliphatic heterocycles. The number of nitrogens with zero attached hydrogens (tertiary/aromatic N) is 1. The Balaban J connectivity index is 1.32. The van der Waals surface area contributed by atoms with Crippen molar-refractivity contribution in [3.8, 4) is 0 Å². The lowest BCUT2D eigenvalue weighted by Crippen LogP contribution is -2.45. The number of nitrogens with one attached hydrogen (secondary N) is 1. The van der Waals surface area contributed by atoms with Gasteiger partial charge in [-0.25, -0.2) is 0 Å². The molecule has 2 aliphatic carbocycles. The molecule has 1 aromatic carbocycles. The molecular formula is C22H27ClN2O2. The molecule has 0 aromatic heterocycles. The van der Waals surface area contributed by atoms with Gasteiger partial charge < -0.3 is 10.2 Å². The zero-order chi connectivity index (χ0) is 18.9. The van der Waals surface area contributed by atoms with Crippen LogP contribution in [0.1, 0.15) is 50.5 Å². The van der Waals surface area contributed by atoms with Crippen LogP contribution in [0.5, 0.6) is 0 Å². The Kier molecular flexibility index (Phi) is 5.27. The van der Waals surface area contributed by atoms with Gasteiger partial charge in [0.25, 0.3) is 0 Å². The van der Waals surface area contributed by atoms with E-state index in [0.717, 1.165) is 69.2 Å². The Bertz CT molecular complexity index is 752. The van der Waals surface area contributed by atoms with E-state index in [1.54, 1.807) is 0 Å². The van der Waals surface area contributed by atoms with Crippen molar-refractivity contribution in [2.24, 2.45) is 5.92 Å². The highest BCUT2D eigenvalue weighted by Crippen LogP contribution is 2.48. The second kappa shape index (κ2) is 7.67. The molecule has 1 atom stereocenters. The fourth-order valence-corrected chi connectivity index (χ4v) is 4.56. The number of likely N-dealkylation sites (tertiary alicyclic amines) is 1. The topological polar surface area (TPSA) is 49.4 Å². The second-order valence-electron chi connectivity index (χ2n) is 8.18. The summed E-state index contributed by atoms with van der Waals surface area (Å²) in [6.45, 7) is 2.25. The first-order valence-corrected chi connectivity index (χ1v) is 10.5. The minimum Gasteiger partial charge on any atom is -0.355 e. The summed E-state index contributed by atoms with van der Waals surface area (Å²) < 4.78 is 0. The number of carbonyl (C=O) groups is 2. The first kappa shape index (κ1) is 18.5. The van der Waals surface area contributed by atoms with Gasteiger partial charge in [0.1, 0.15) is 0 Å². The molecule has 4 rings (SSSR count). The van der Waals surface area contributed by atoms with Crippen molar-refractivity contribution < 1.29 is 9.59 Å². The number of hydrogen-bond acceptors (Lipinski definition) is 2. The maximum absolute atomic E-state index is 12.8. The van der Waals surface area contributed by atoms with Gasteiger partial charge in [-0.15, -0.1) is 0 Å². The standard InChI is InChI=1S/C22H27ClN2O2/c23-19-9-7-18(8-10-19)22(11-12-22)21(27)24-14-16-4-3-13-25(15-16)20(26)17-5-1-2-6-17/h5,7-10,16H,1-4,6,11-15H2,(H,24,27)/t16-/m0/s1. The van der Waals surface area contributed by atoms with Crippen LogP contribution in [-0.2, 0) is 15.0 Å². The van der Waals surface area contributed by atoms with Crippen LogP contribution in [0.15, 0.2) is 35.9 Å². The molecule has 1 aromatic rings. The van der Waals surface area contributed by atoms with Crippen molar-refractivity contribution in [2.45, 2.75) is 50.4 Å². The Labute approximate surface area is 165 Å². The van der Waals surface area contributed by atoms with Crippen molar-refractivity contribution in [3.63, 3.8) is 0 Å². The van der Waals surface area contributed by atoms with E-state index in [0.29, 0.717) is 17.5 Å². The Morgan fingerprint density at radius 1 is 1.19 bits per heavy atom. The lowest BCUT2D eigenvalue weighted by Gasteiger charge is -2.33. The molecule has 27 heavy (non-hydrogen) atoms. The lowest BCUT2D eigenvalue weighted by atomic mass is 9.93. The molecule has 5 heteroatoms. The van der Waals surface area contributed by atoms with Gasteiger partial charge in [-0.1, -0.05) is 29.8 Å². The minimum absolute atomic E-state index is 0.117. The van der Waals surface area contributed by atoms with Crippen molar-refractivity contribution >= 4 is 23.4 Å². The molecule has 0 radical (unpaired) electrons. The summed E-state index contributed by atoms with van der Waals surface area (Å²) in [4.78, 5) is 27.5. The van der Waals surface area contributed by atoms with Gasteiger partial charge in [-0.3, -0.25) is 9.59 Å². The molecule has 1 saturated heterocycles. The van der Waals surface area contributed by atoms with E-state index in [1.165, 1.54) is 0 Å². The molecule has 144 valence electrons. The predicted octanol–water partition coefficient (Wildman–Crippen LogP) is 3.84. The number of carbonyl (C=O) groups excluding carboxylic acids is 2. The van der Waals surface area contributed by atoms with Crippen LogP contribution in [-0.4, -0.2) is 36.3 Å². The quantitative estimate of drug-likeness (QED) is 0.835. The van der Waals surface area contributed by atoms with E-state index in [4.69, 9.17) is 11.6 Å². The fourth-order valence-electron chi connectivity index (χ4n) is 4.43. The second-order valence-corrected chi connectivity index (χ2v) is 8.62. The summed E-state index contributed by atoms with van der Waals surface area (Å²) in [6.07, 6.45) is 9.01. The average molecular weight is 387 g/mol. The van der Waals surface area contributed by atoms with Crippen molar-refractivity contribution in [1.29, 1.82) is 0 Å². The largest absolute Gasteiger partial charge is 0.355 e. The molecular weight excluding hydrogens is 360 g/mol. The van der Waals surface area contributed by atoms with Gasteiger partial charge in [-0.05, 0) is 68.6 Å². The van der Waals surface area contributed by atoms with Crippen LogP contribution in [0, 0.1) is 5.92 Å². The molecule has 1 heterocycles. The van der Waals surface area contributed by atoms with E-state index in [1.807, 2.05) is 29.2 Å². The van der Waals surface area contributed by atoms with Crippen LogP contribution >= 0.6 is 11.6 Å². The van der Waals surface area contributed by atoms with Gasteiger partial charge >= 0.3 is 0 Å². The monoisotopic (exact) mass is 386 g/mol. The molecule has 1 saturated carbocycles. The summed E-state index contributed by atoms with van der Waals surface area (Å²) in [5, 5.41) is 3.87. The summed E-state index contributed by atoms with van der Waals surface area (Å²) in [5.74, 6) is 0.671. The van der Waals surface area contributed by atoms with Crippen LogP contribution in [0.4, 0.5) is 0 Å². The molecule has 1 N–H and O–H groups in total. The highest BCUT2D eigenvalue weighted by atomic mass is 35.5. The van der Waals surface area contributed by atoms with Crippen LogP contribution in [0.2, 0.25) is 5.02 Å². The predicted molar refractivity (Wildman–Crippen MR) is 107 cm³/mol. The summed E-state index contributed by atoms with van der Waals surface area (Å²) in [5.41, 5.74) is 1.67. The van der Waals surface area contributed by atoms with Gasteiger partial charge in [0, 0.05) is 30.2 Å². The molecule has 0 spiro atoms. The molecule has 2 fully saturated rings. The fraction of sp³-hybridized carbons (Fsp3) is 0.545. The number of hydrogen-bond donors (Lipinski definition) is 1. The Hall–Kier alpha value is -1.81. The van der Waals surface area contributed by atoms with E-state index < -0.39 is 0 Å². The smallest absolute Gasteiger partial charge is 0.249 e. The third-order valence-corrected chi connectivity index (χ3v) is 6.51. The number of amides is 2. The van der Waals surface area contributed by atoms with E-state index in [9.17, 15) is 9.59 Å². The number of allylic oxidation sites excluding steroid dienone is 1. The van der Waals surface area contributed by atoms with E-state index >= 15 is 0 Å². The third kappa shape index (κ3) is 3.91. The van der Waals surface area contributed by atoms with Crippen molar-refractivity contribution in [1.82, 2.24) is 10.2 Å². The van der Waals surface area contributed by atoms with Crippen LogP contribution in [0.3, 0.4) is 0 Å². The van der Waals surface area contributed by atoms with Crippen molar-refractivity contribution in [2.75, 3.05) is 19.6 Å². The maximum atomic E-state index is 12.8. The summed E-state index contributed by atoms with van der Waals surface area (Å²) >= 11 is 5.97. The van der Waals surface area contributed by atoms with Crippen LogP contribution in [0.25, 0.3) is 0 Å². The molecule has 0 unspecified atom stereocenters. The van der Waals surface area contributed by atoms with Crippen molar-refractivity contribution in [3.05, 3.63) is 46.5 Å². The number of rotatable bonds is 5. The lowest BCUT2D eigenvalue weighted by molar-refractivity contribution is -0.129. The Morgan fingerprint density at radius 3 is 2.63 bits per heavy atom. The normalized spacial score (nSPS) is 23.7. The third-order valence-electron chi connectivity index (χ3n) is 6.25. The molecule has 3 aliphatic rings. The maximum Gasteiger partial charge on any atom is 0.249 e. The number of benzene rings is 1. The van der Waals surface area contributed by atoms with E-state index in [2.05, 4.69) is 11.4 Å². The highest BCUT2D eigenvalue weighted by molar-refractivity contribution is 6.30. The average Bonchev–Trinajstić information content (AvgIpc) is 3.32. The Morgan fingerprint density at radius 2 is 1.96 bits per heavy atom.